The number of carbonyl (C=O) groups excluding carboxylic acids is 2. The molecule has 1 aromatic heterocycles. The fourth-order valence-electron chi connectivity index (χ4n) is 2.27. The van der Waals surface area contributed by atoms with Crippen molar-refractivity contribution in [3.05, 3.63) is 64.2 Å². The molecule has 0 aliphatic heterocycles. The molecule has 0 saturated carbocycles. The number of halogens is 1. The minimum atomic E-state index is -0.702. The van der Waals surface area contributed by atoms with E-state index < -0.39 is 16.2 Å². The number of hydrogen-bond acceptors (Lipinski definition) is 7. The fraction of sp³-hybridized carbons (Fsp3) is 0.111. The van der Waals surface area contributed by atoms with Gasteiger partial charge in [0.1, 0.15) is 10.4 Å². The standard InChI is InChI=1S/C18H14ClN5O4S/c1-10(19)15(25)20-13-4-2-3-12(9-13)16(26)21-18-23-22-17(29-18)11-5-7-14(8-6-11)24(27)28/h2-10H,1H3,(H,20,25)(H,21,23,26)/t10-/m0/s1. The summed E-state index contributed by atoms with van der Waals surface area (Å²) in [5, 5.41) is 24.0. The van der Waals surface area contributed by atoms with Gasteiger partial charge in [-0.2, -0.15) is 0 Å². The first-order chi connectivity index (χ1) is 13.8. The van der Waals surface area contributed by atoms with E-state index in [-0.39, 0.29) is 16.7 Å². The molecule has 0 bridgehead atoms. The largest absolute Gasteiger partial charge is 0.325 e. The lowest BCUT2D eigenvalue weighted by molar-refractivity contribution is -0.384. The fourth-order valence-corrected chi connectivity index (χ4v) is 3.06. The third-order valence-corrected chi connectivity index (χ3v) is 4.81. The van der Waals surface area contributed by atoms with Crippen molar-refractivity contribution in [2.75, 3.05) is 10.6 Å². The summed E-state index contributed by atoms with van der Waals surface area (Å²) in [5.41, 5.74) is 1.38. The zero-order valence-electron chi connectivity index (χ0n) is 15.0. The first-order valence-corrected chi connectivity index (χ1v) is 9.53. The van der Waals surface area contributed by atoms with Gasteiger partial charge in [0.05, 0.1) is 4.92 Å². The molecule has 0 saturated heterocycles. The Labute approximate surface area is 173 Å². The Hall–Kier alpha value is -3.37. The molecule has 29 heavy (non-hydrogen) atoms. The van der Waals surface area contributed by atoms with Gasteiger partial charge in [-0.05, 0) is 37.3 Å². The summed E-state index contributed by atoms with van der Waals surface area (Å²) in [5.74, 6) is -0.799. The van der Waals surface area contributed by atoms with Gasteiger partial charge in [-0.1, -0.05) is 17.4 Å². The van der Waals surface area contributed by atoms with Gasteiger partial charge in [0.25, 0.3) is 11.6 Å². The first kappa shape index (κ1) is 20.4. The van der Waals surface area contributed by atoms with Crippen molar-refractivity contribution < 1.29 is 14.5 Å². The maximum atomic E-state index is 12.5. The van der Waals surface area contributed by atoms with Crippen LogP contribution < -0.4 is 10.6 Å². The van der Waals surface area contributed by atoms with E-state index in [2.05, 4.69) is 20.8 Å². The van der Waals surface area contributed by atoms with E-state index >= 15 is 0 Å². The maximum Gasteiger partial charge on any atom is 0.269 e. The minimum absolute atomic E-state index is 0.0256. The zero-order chi connectivity index (χ0) is 21.0. The number of alkyl halides is 1. The molecule has 0 spiro atoms. The molecule has 0 unspecified atom stereocenters. The van der Waals surface area contributed by atoms with Crippen LogP contribution in [0.4, 0.5) is 16.5 Å². The van der Waals surface area contributed by atoms with Crippen LogP contribution >= 0.6 is 22.9 Å². The SMILES string of the molecule is C[C@H](Cl)C(=O)Nc1cccc(C(=O)Nc2nnc(-c3ccc([N+](=O)[O-])cc3)s2)c1. The molecule has 2 N–H and O–H groups in total. The van der Waals surface area contributed by atoms with E-state index in [4.69, 9.17) is 11.6 Å². The highest BCUT2D eigenvalue weighted by Crippen LogP contribution is 2.28. The van der Waals surface area contributed by atoms with Crippen LogP contribution in [0.1, 0.15) is 17.3 Å². The summed E-state index contributed by atoms with van der Waals surface area (Å²) in [4.78, 5) is 34.4. The van der Waals surface area contributed by atoms with Crippen molar-refractivity contribution in [2.24, 2.45) is 0 Å². The Bertz CT molecular complexity index is 1070. The van der Waals surface area contributed by atoms with E-state index in [1.807, 2.05) is 0 Å². The molecule has 0 fully saturated rings. The monoisotopic (exact) mass is 431 g/mol. The predicted molar refractivity (Wildman–Crippen MR) is 110 cm³/mol. The molecular weight excluding hydrogens is 418 g/mol. The van der Waals surface area contributed by atoms with Gasteiger partial charge in [0, 0.05) is 28.9 Å². The Balaban J connectivity index is 1.70. The molecule has 0 radical (unpaired) electrons. The summed E-state index contributed by atoms with van der Waals surface area (Å²) in [6, 6.07) is 12.3. The summed E-state index contributed by atoms with van der Waals surface area (Å²) in [6.45, 7) is 1.55. The topological polar surface area (TPSA) is 127 Å². The van der Waals surface area contributed by atoms with Crippen molar-refractivity contribution >= 4 is 51.3 Å². The van der Waals surface area contributed by atoms with Crippen LogP contribution in [0.3, 0.4) is 0 Å². The Morgan fingerprint density at radius 1 is 1.14 bits per heavy atom. The summed E-state index contributed by atoms with van der Waals surface area (Å²) in [7, 11) is 0. The van der Waals surface area contributed by atoms with Crippen LogP contribution in [0, 0.1) is 10.1 Å². The van der Waals surface area contributed by atoms with Crippen molar-refractivity contribution in [1.29, 1.82) is 0 Å². The van der Waals surface area contributed by atoms with Gasteiger partial charge in [0.15, 0.2) is 0 Å². The van der Waals surface area contributed by atoms with Crippen LogP contribution in [0.25, 0.3) is 10.6 Å². The molecule has 9 nitrogen and oxygen atoms in total. The molecule has 3 rings (SSSR count). The number of nitrogens with zero attached hydrogens (tertiary/aromatic N) is 3. The van der Waals surface area contributed by atoms with E-state index in [0.29, 0.717) is 21.8 Å². The summed E-state index contributed by atoms with van der Waals surface area (Å²) >= 11 is 6.86. The Morgan fingerprint density at radius 3 is 2.52 bits per heavy atom. The van der Waals surface area contributed by atoms with Gasteiger partial charge in [-0.15, -0.1) is 21.8 Å². The molecule has 11 heteroatoms. The number of non-ortho nitro benzene ring substituents is 1. The number of amides is 2. The van der Waals surface area contributed by atoms with Crippen LogP contribution in [-0.2, 0) is 4.79 Å². The molecule has 1 heterocycles. The van der Waals surface area contributed by atoms with Gasteiger partial charge in [-0.25, -0.2) is 0 Å². The van der Waals surface area contributed by atoms with Crippen molar-refractivity contribution in [3.63, 3.8) is 0 Å². The van der Waals surface area contributed by atoms with Crippen LogP contribution in [-0.4, -0.2) is 32.3 Å². The van der Waals surface area contributed by atoms with Gasteiger partial charge >= 0.3 is 0 Å². The number of anilines is 2. The number of nitro benzene ring substituents is 1. The molecule has 148 valence electrons. The van der Waals surface area contributed by atoms with Crippen molar-refractivity contribution in [1.82, 2.24) is 10.2 Å². The second kappa shape index (κ2) is 8.76. The predicted octanol–water partition coefficient (Wildman–Crippen LogP) is 3.93. The molecule has 0 aliphatic carbocycles. The number of aromatic nitrogens is 2. The zero-order valence-corrected chi connectivity index (χ0v) is 16.5. The van der Waals surface area contributed by atoms with Gasteiger partial charge < -0.3 is 5.32 Å². The van der Waals surface area contributed by atoms with Gasteiger partial charge in [-0.3, -0.25) is 25.0 Å². The van der Waals surface area contributed by atoms with Crippen LogP contribution in [0.2, 0.25) is 0 Å². The number of carbonyl (C=O) groups is 2. The average molecular weight is 432 g/mol. The highest BCUT2D eigenvalue weighted by Gasteiger charge is 2.14. The number of rotatable bonds is 6. The number of nitro groups is 1. The van der Waals surface area contributed by atoms with Crippen LogP contribution in [0.5, 0.6) is 0 Å². The van der Waals surface area contributed by atoms with Gasteiger partial charge in [0.2, 0.25) is 11.0 Å². The number of nitrogens with one attached hydrogen (secondary N) is 2. The lowest BCUT2D eigenvalue weighted by Crippen LogP contribution is -2.20. The normalized spacial score (nSPS) is 11.5. The highest BCUT2D eigenvalue weighted by molar-refractivity contribution is 7.18. The van der Waals surface area contributed by atoms with E-state index in [0.717, 1.165) is 11.3 Å². The molecule has 3 aromatic rings. The highest BCUT2D eigenvalue weighted by atomic mass is 35.5. The quantitative estimate of drug-likeness (QED) is 0.346. The summed E-state index contributed by atoms with van der Waals surface area (Å²) < 4.78 is 0. The average Bonchev–Trinajstić information content (AvgIpc) is 3.16. The van der Waals surface area contributed by atoms with Crippen LogP contribution in [0.15, 0.2) is 48.5 Å². The summed E-state index contributed by atoms with van der Waals surface area (Å²) in [6.07, 6.45) is 0. The maximum absolute atomic E-state index is 12.5. The second-order valence-corrected chi connectivity index (χ2v) is 7.49. The second-order valence-electron chi connectivity index (χ2n) is 5.86. The number of benzene rings is 2. The van der Waals surface area contributed by atoms with Crippen molar-refractivity contribution in [3.8, 4) is 10.6 Å². The lowest BCUT2D eigenvalue weighted by Gasteiger charge is -2.08. The molecule has 2 aromatic carbocycles. The molecule has 2 amide bonds. The lowest BCUT2D eigenvalue weighted by atomic mass is 10.2. The Morgan fingerprint density at radius 2 is 1.86 bits per heavy atom. The van der Waals surface area contributed by atoms with E-state index in [9.17, 15) is 19.7 Å². The third kappa shape index (κ3) is 5.12. The van der Waals surface area contributed by atoms with Crippen molar-refractivity contribution in [2.45, 2.75) is 12.3 Å². The minimum Gasteiger partial charge on any atom is -0.325 e. The van der Waals surface area contributed by atoms with E-state index in [1.165, 1.54) is 18.2 Å². The number of hydrogen-bond donors (Lipinski definition) is 2. The molecular formula is C18H14ClN5O4S. The molecule has 0 aliphatic rings. The smallest absolute Gasteiger partial charge is 0.269 e. The van der Waals surface area contributed by atoms with E-state index in [1.54, 1.807) is 37.3 Å². The molecule has 1 atom stereocenters. The third-order valence-electron chi connectivity index (χ3n) is 3.72. The first-order valence-electron chi connectivity index (χ1n) is 8.28. The Kier molecular flexibility index (Phi) is 6.15.